The van der Waals surface area contributed by atoms with Crippen molar-refractivity contribution in [2.45, 2.75) is 133 Å². The molecule has 5 aromatic carbocycles. The molecule has 3 fully saturated rings. The zero-order valence-corrected chi connectivity index (χ0v) is 50.9. The molecule has 12 rings (SSSR count). The van der Waals surface area contributed by atoms with Crippen LogP contribution in [0.1, 0.15) is 107 Å². The standard InChI is InChI=1S/C35H35NO.C19H27NSi.C16H19N.Ir/c1-21-15-22(2)34(23(3)16-21)27-11-12-29-30-5-4-6-31(35(30)37-33(29)20-27)32-19-25(13-14-36-32)18-28-17-24-7-9-26(28)10-8-24;1-19(2,3)13-16-12-17(15-10-8-7-9-11-15)20-14-18(16)21(4,5)6;1-16(2,3)12-13-9-10-17-15(11-13)14-7-5-4-6-8-14;/h4-6,11-16,19-20,24,26,28H,7-10,17-18H2,1-3H3;7-12,14H,13H2,1-6H3;4-11H,12H2,1-3H3;. The summed E-state index contributed by atoms with van der Waals surface area (Å²) in [6, 6.07) is 49.6. The molecule has 3 saturated carbocycles. The second kappa shape index (κ2) is 23.8. The van der Waals surface area contributed by atoms with Crippen molar-refractivity contribution in [1.29, 1.82) is 0 Å². The van der Waals surface area contributed by atoms with Gasteiger partial charge in [-0.3, -0.25) is 15.0 Å². The fraction of sp³-hybridized carbons (Fsp3) is 0.357. The average molecular weight is 1200 g/mol. The maximum absolute atomic E-state index is 6.59. The van der Waals surface area contributed by atoms with Crippen LogP contribution in [0.5, 0.6) is 0 Å². The van der Waals surface area contributed by atoms with Gasteiger partial charge in [0.1, 0.15) is 11.2 Å². The molecule has 1 radical (unpaired) electrons. The van der Waals surface area contributed by atoms with Gasteiger partial charge in [0.25, 0.3) is 0 Å². The monoisotopic (exact) mass is 1200 g/mol. The predicted octanol–water partition coefficient (Wildman–Crippen LogP) is 18.8. The number of rotatable bonds is 9. The van der Waals surface area contributed by atoms with Crippen molar-refractivity contribution in [3.05, 3.63) is 191 Å². The van der Waals surface area contributed by atoms with Crippen LogP contribution >= 0.6 is 0 Å². The molecular weight excluding hydrogens is 1120 g/mol. The third-order valence-corrected chi connectivity index (χ3v) is 17.5. The molecule has 0 saturated heterocycles. The number of pyridine rings is 3. The molecule has 4 aromatic heterocycles. The Hall–Kier alpha value is -5.78. The molecule has 0 N–H and O–H groups in total. The zero-order valence-electron chi connectivity index (χ0n) is 47.5. The van der Waals surface area contributed by atoms with Gasteiger partial charge in [0.15, 0.2) is 0 Å². The summed E-state index contributed by atoms with van der Waals surface area (Å²) in [5.41, 5.74) is 19.8. The molecule has 0 spiro atoms. The summed E-state index contributed by atoms with van der Waals surface area (Å²) in [7, 11) is -1.36. The molecule has 3 aliphatic rings. The van der Waals surface area contributed by atoms with E-state index in [0.29, 0.717) is 10.8 Å². The summed E-state index contributed by atoms with van der Waals surface area (Å²) in [6.45, 7) is 27.5. The van der Waals surface area contributed by atoms with Gasteiger partial charge < -0.3 is 4.42 Å². The van der Waals surface area contributed by atoms with Crippen LogP contribution in [0.25, 0.3) is 66.8 Å². The Kier molecular flexibility index (Phi) is 17.7. The first-order valence-electron chi connectivity index (χ1n) is 27.8. The van der Waals surface area contributed by atoms with E-state index in [9.17, 15) is 0 Å². The van der Waals surface area contributed by atoms with Crippen LogP contribution in [0.15, 0.2) is 163 Å². The van der Waals surface area contributed by atoms with E-state index in [1.165, 1.54) is 99.3 Å². The summed E-state index contributed by atoms with van der Waals surface area (Å²) >= 11 is 0. The van der Waals surface area contributed by atoms with Crippen LogP contribution in [0.3, 0.4) is 0 Å². The Morgan fingerprint density at radius 1 is 0.553 bits per heavy atom. The SMILES string of the molecule is CC(C)(C)Cc1cc(-c2ccccc2)ncc1[Si](C)(C)C.CC(C)(C)Cc1ccnc(-c2ccccc2)c1.Cc1cc(C)c(-c2ccc3c(c2)oc2c(-c4cc(CC5CC6CCC5CC6)ccn4)cccc23)c(C)c1.[Ir]. The van der Waals surface area contributed by atoms with Gasteiger partial charge in [-0.2, -0.15) is 0 Å². The minimum atomic E-state index is -1.36. The number of furan rings is 1. The van der Waals surface area contributed by atoms with Crippen LogP contribution < -0.4 is 5.19 Å². The van der Waals surface area contributed by atoms with Gasteiger partial charge in [0.2, 0.25) is 0 Å². The van der Waals surface area contributed by atoms with Crippen molar-refractivity contribution in [3.8, 4) is 44.9 Å². The Morgan fingerprint density at radius 2 is 1.14 bits per heavy atom. The van der Waals surface area contributed by atoms with E-state index in [1.54, 1.807) is 0 Å². The molecule has 1 atom stereocenters. The Bertz CT molecular complexity index is 3360. The second-order valence-electron chi connectivity index (χ2n) is 25.5. The zero-order chi connectivity index (χ0) is 53.1. The maximum atomic E-state index is 6.59. The molecule has 6 heteroatoms. The van der Waals surface area contributed by atoms with Crippen molar-refractivity contribution in [2.24, 2.45) is 28.6 Å². The largest absolute Gasteiger partial charge is 0.455 e. The van der Waals surface area contributed by atoms with E-state index in [-0.39, 0.29) is 20.1 Å². The minimum absolute atomic E-state index is 0. The Labute approximate surface area is 470 Å². The molecule has 2 bridgehead atoms. The van der Waals surface area contributed by atoms with Gasteiger partial charge in [0, 0.05) is 66.2 Å². The van der Waals surface area contributed by atoms with E-state index >= 15 is 0 Å². The number of aromatic nitrogens is 3. The molecule has 3 aliphatic carbocycles. The first-order chi connectivity index (χ1) is 35.7. The third kappa shape index (κ3) is 14.0. The minimum Gasteiger partial charge on any atom is -0.455 e. The molecule has 1 unspecified atom stereocenters. The van der Waals surface area contributed by atoms with Crippen molar-refractivity contribution in [1.82, 2.24) is 15.0 Å². The molecular formula is C70H81IrN3OSi. The van der Waals surface area contributed by atoms with Crippen molar-refractivity contribution in [2.75, 3.05) is 0 Å². The maximum Gasteiger partial charge on any atom is 0.144 e. The van der Waals surface area contributed by atoms with Gasteiger partial charge in [-0.25, -0.2) is 0 Å². The van der Waals surface area contributed by atoms with Gasteiger partial charge >= 0.3 is 0 Å². The number of fused-ring (bicyclic) bond motifs is 6. The number of hydrogen-bond acceptors (Lipinski definition) is 4. The molecule has 0 amide bonds. The molecule has 0 aliphatic heterocycles. The van der Waals surface area contributed by atoms with Gasteiger partial charge in [0.05, 0.1) is 25.2 Å². The fourth-order valence-electron chi connectivity index (χ4n) is 12.2. The van der Waals surface area contributed by atoms with E-state index < -0.39 is 8.07 Å². The number of nitrogens with zero attached hydrogens (tertiary/aromatic N) is 3. The summed E-state index contributed by atoms with van der Waals surface area (Å²) < 4.78 is 6.59. The second-order valence-corrected chi connectivity index (χ2v) is 30.6. The smallest absolute Gasteiger partial charge is 0.144 e. The Balaban J connectivity index is 0.000000167. The van der Waals surface area contributed by atoms with Crippen molar-refractivity contribution < 1.29 is 24.5 Å². The first kappa shape index (κ1) is 56.4. The molecule has 4 heterocycles. The molecule has 9 aromatic rings. The summed E-state index contributed by atoms with van der Waals surface area (Å²) in [5, 5.41) is 3.82. The van der Waals surface area contributed by atoms with E-state index in [0.717, 1.165) is 75.2 Å². The normalized spacial score (nSPS) is 16.3. The number of aryl methyl sites for hydroxylation is 3. The summed E-state index contributed by atoms with van der Waals surface area (Å²) in [5.74, 6) is 2.74. The first-order valence-corrected chi connectivity index (χ1v) is 31.3. The van der Waals surface area contributed by atoms with Gasteiger partial charge in [-0.1, -0.05) is 171 Å². The quantitative estimate of drug-likeness (QED) is 0.135. The predicted molar refractivity (Wildman–Crippen MR) is 323 cm³/mol. The van der Waals surface area contributed by atoms with Crippen LogP contribution in [0.2, 0.25) is 19.6 Å². The van der Waals surface area contributed by atoms with Gasteiger partial charge in [-0.05, 0) is 181 Å². The van der Waals surface area contributed by atoms with E-state index in [1.807, 2.05) is 30.6 Å². The van der Waals surface area contributed by atoms with Crippen LogP contribution in [0.4, 0.5) is 0 Å². The number of hydrogen-bond donors (Lipinski definition) is 0. The molecule has 76 heavy (non-hydrogen) atoms. The van der Waals surface area contributed by atoms with Crippen LogP contribution in [-0.4, -0.2) is 23.0 Å². The van der Waals surface area contributed by atoms with Crippen molar-refractivity contribution >= 4 is 35.2 Å². The molecule has 4 nitrogen and oxygen atoms in total. The topological polar surface area (TPSA) is 51.8 Å². The fourth-order valence-corrected chi connectivity index (χ4v) is 13.8. The van der Waals surface area contributed by atoms with E-state index in [4.69, 9.17) is 14.4 Å². The summed E-state index contributed by atoms with van der Waals surface area (Å²) in [4.78, 5) is 14.0. The number of benzene rings is 5. The number of para-hydroxylation sites is 1. The van der Waals surface area contributed by atoms with Crippen LogP contribution in [-0.2, 0) is 39.4 Å². The average Bonchev–Trinajstić information content (AvgIpc) is 3.75. The van der Waals surface area contributed by atoms with Crippen LogP contribution in [0, 0.1) is 49.4 Å². The van der Waals surface area contributed by atoms with E-state index in [2.05, 4.69) is 214 Å². The summed E-state index contributed by atoms with van der Waals surface area (Å²) in [6.07, 6.45) is 16.6. The Morgan fingerprint density at radius 3 is 1.74 bits per heavy atom. The molecule has 395 valence electrons. The third-order valence-electron chi connectivity index (χ3n) is 15.5. The van der Waals surface area contributed by atoms with Gasteiger partial charge in [-0.15, -0.1) is 0 Å². The van der Waals surface area contributed by atoms with Crippen molar-refractivity contribution in [3.63, 3.8) is 0 Å².